The zero-order valence-corrected chi connectivity index (χ0v) is 13.6. The lowest BCUT2D eigenvalue weighted by Gasteiger charge is -2.42. The van der Waals surface area contributed by atoms with Crippen LogP contribution in [0.2, 0.25) is 0 Å². The van der Waals surface area contributed by atoms with E-state index in [0.29, 0.717) is 18.6 Å². The number of aryl methyl sites for hydroxylation is 1. The number of carbonyl (C=O) groups excluding carboxylic acids is 1. The smallest absolute Gasteiger partial charge is 0.178 e. The van der Waals surface area contributed by atoms with Gasteiger partial charge in [-0.15, -0.1) is 0 Å². The number of Topliss-reactive ketones (excluding diaryl/α,β-unsaturated/α-hetero) is 1. The molecule has 4 heteroatoms. The second kappa shape index (κ2) is 5.70. The summed E-state index contributed by atoms with van der Waals surface area (Å²) in [5.74, 6) is 0.246. The SMILES string of the molecule is Cc1cc(C(=O)CN2CC(C)N(C)C(C)C2)c(C)n1C. The van der Waals surface area contributed by atoms with Gasteiger partial charge < -0.3 is 4.57 Å². The van der Waals surface area contributed by atoms with E-state index in [9.17, 15) is 4.79 Å². The lowest BCUT2D eigenvalue weighted by atomic mass is 10.1. The number of rotatable bonds is 3. The van der Waals surface area contributed by atoms with Gasteiger partial charge in [0.05, 0.1) is 6.54 Å². The molecule has 1 fully saturated rings. The Morgan fingerprint density at radius 3 is 2.20 bits per heavy atom. The maximum Gasteiger partial charge on any atom is 0.178 e. The van der Waals surface area contributed by atoms with Crippen molar-refractivity contribution in [1.29, 1.82) is 0 Å². The van der Waals surface area contributed by atoms with E-state index in [0.717, 1.165) is 30.0 Å². The number of carbonyl (C=O) groups is 1. The fourth-order valence-electron chi connectivity index (χ4n) is 3.07. The molecule has 2 atom stereocenters. The second-order valence-corrected chi connectivity index (χ2v) is 6.32. The molecule has 0 aliphatic carbocycles. The van der Waals surface area contributed by atoms with E-state index in [2.05, 4.69) is 35.3 Å². The fourth-order valence-corrected chi connectivity index (χ4v) is 3.07. The zero-order valence-electron chi connectivity index (χ0n) is 13.6. The van der Waals surface area contributed by atoms with Crippen molar-refractivity contribution in [2.24, 2.45) is 7.05 Å². The number of piperazine rings is 1. The van der Waals surface area contributed by atoms with Crippen LogP contribution in [0.15, 0.2) is 6.07 Å². The summed E-state index contributed by atoms with van der Waals surface area (Å²) < 4.78 is 2.09. The van der Waals surface area contributed by atoms with Crippen LogP contribution in [-0.2, 0) is 7.05 Å². The topological polar surface area (TPSA) is 28.5 Å². The van der Waals surface area contributed by atoms with E-state index in [4.69, 9.17) is 0 Å². The summed E-state index contributed by atoms with van der Waals surface area (Å²) in [7, 11) is 4.18. The summed E-state index contributed by atoms with van der Waals surface area (Å²) in [6.07, 6.45) is 0. The van der Waals surface area contributed by atoms with E-state index in [-0.39, 0.29) is 5.78 Å². The minimum Gasteiger partial charge on any atom is -0.351 e. The minimum atomic E-state index is 0.246. The molecule has 0 radical (unpaired) electrons. The van der Waals surface area contributed by atoms with Crippen molar-refractivity contribution < 1.29 is 4.79 Å². The third-order valence-electron chi connectivity index (χ3n) is 4.88. The Morgan fingerprint density at radius 1 is 1.20 bits per heavy atom. The van der Waals surface area contributed by atoms with Crippen molar-refractivity contribution in [1.82, 2.24) is 14.4 Å². The molecule has 0 bridgehead atoms. The van der Waals surface area contributed by atoms with Gasteiger partial charge in [-0.3, -0.25) is 14.6 Å². The highest BCUT2D eigenvalue weighted by Crippen LogP contribution is 2.17. The number of nitrogens with zero attached hydrogens (tertiary/aromatic N) is 3. The van der Waals surface area contributed by atoms with Crippen LogP contribution in [0.1, 0.15) is 35.6 Å². The molecule has 0 aromatic carbocycles. The molecule has 112 valence electrons. The van der Waals surface area contributed by atoms with Gasteiger partial charge in [-0.1, -0.05) is 0 Å². The van der Waals surface area contributed by atoms with Crippen LogP contribution in [0.25, 0.3) is 0 Å². The molecule has 1 aromatic rings. The highest BCUT2D eigenvalue weighted by atomic mass is 16.1. The molecule has 4 nitrogen and oxygen atoms in total. The van der Waals surface area contributed by atoms with Crippen LogP contribution in [-0.4, -0.2) is 58.9 Å². The van der Waals surface area contributed by atoms with Crippen LogP contribution in [0.5, 0.6) is 0 Å². The Kier molecular flexibility index (Phi) is 4.35. The third-order valence-corrected chi connectivity index (χ3v) is 4.88. The van der Waals surface area contributed by atoms with Gasteiger partial charge >= 0.3 is 0 Å². The standard InChI is InChI=1S/C16H27N3O/c1-11-7-15(14(4)18(11)6)16(20)10-19-8-12(2)17(5)13(3)9-19/h7,12-13H,8-10H2,1-6H3. The molecule has 0 saturated carbocycles. The van der Waals surface area contributed by atoms with Crippen molar-refractivity contribution in [3.8, 4) is 0 Å². The first-order chi connectivity index (χ1) is 9.31. The first-order valence-corrected chi connectivity index (χ1v) is 7.41. The van der Waals surface area contributed by atoms with Gasteiger partial charge in [-0.25, -0.2) is 0 Å². The summed E-state index contributed by atoms with van der Waals surface area (Å²) in [6.45, 7) is 11.0. The zero-order chi connectivity index (χ0) is 15.0. The van der Waals surface area contributed by atoms with Crippen molar-refractivity contribution in [3.63, 3.8) is 0 Å². The lowest BCUT2D eigenvalue weighted by Crippen LogP contribution is -2.55. The van der Waals surface area contributed by atoms with Gasteiger partial charge in [-0.2, -0.15) is 0 Å². The van der Waals surface area contributed by atoms with Crippen molar-refractivity contribution in [2.75, 3.05) is 26.7 Å². The molecule has 0 N–H and O–H groups in total. The Morgan fingerprint density at radius 2 is 1.75 bits per heavy atom. The van der Waals surface area contributed by atoms with Gasteiger partial charge in [0.2, 0.25) is 0 Å². The predicted molar refractivity (Wildman–Crippen MR) is 82.3 cm³/mol. The summed E-state index contributed by atoms with van der Waals surface area (Å²) in [6, 6.07) is 3.02. The molecule has 1 aliphatic heterocycles. The van der Waals surface area contributed by atoms with Gasteiger partial charge in [0.15, 0.2) is 5.78 Å². The first kappa shape index (κ1) is 15.3. The number of likely N-dealkylation sites (N-methyl/N-ethyl adjacent to an activating group) is 1. The predicted octanol–water partition coefficient (Wildman–Crippen LogP) is 1.85. The molecule has 1 aromatic heterocycles. The average Bonchev–Trinajstić information content (AvgIpc) is 2.63. The van der Waals surface area contributed by atoms with Crippen LogP contribution in [0.3, 0.4) is 0 Å². The Balaban J connectivity index is 2.06. The van der Waals surface area contributed by atoms with E-state index in [1.807, 2.05) is 27.0 Å². The largest absolute Gasteiger partial charge is 0.351 e. The summed E-state index contributed by atoms with van der Waals surface area (Å²) >= 11 is 0. The van der Waals surface area contributed by atoms with Crippen molar-refractivity contribution >= 4 is 5.78 Å². The van der Waals surface area contributed by atoms with Gasteiger partial charge in [-0.05, 0) is 40.8 Å². The van der Waals surface area contributed by atoms with E-state index >= 15 is 0 Å². The summed E-state index contributed by atoms with van der Waals surface area (Å²) in [5, 5.41) is 0. The molecule has 0 amide bonds. The maximum absolute atomic E-state index is 12.5. The van der Waals surface area contributed by atoms with Crippen molar-refractivity contribution in [2.45, 2.75) is 39.8 Å². The van der Waals surface area contributed by atoms with E-state index < -0.39 is 0 Å². The molecule has 2 heterocycles. The van der Waals surface area contributed by atoms with Crippen LogP contribution < -0.4 is 0 Å². The lowest BCUT2D eigenvalue weighted by molar-refractivity contribution is 0.0549. The number of hydrogen-bond donors (Lipinski definition) is 0. The second-order valence-electron chi connectivity index (χ2n) is 6.32. The van der Waals surface area contributed by atoms with Gasteiger partial charge in [0.25, 0.3) is 0 Å². The Hall–Kier alpha value is -1.13. The Labute approximate surface area is 122 Å². The number of aromatic nitrogens is 1. The number of ketones is 1. The molecule has 1 saturated heterocycles. The molecular weight excluding hydrogens is 250 g/mol. The maximum atomic E-state index is 12.5. The molecule has 1 aliphatic rings. The van der Waals surface area contributed by atoms with Crippen molar-refractivity contribution in [3.05, 3.63) is 23.0 Å². The molecule has 20 heavy (non-hydrogen) atoms. The fraction of sp³-hybridized carbons (Fsp3) is 0.688. The molecular formula is C16H27N3O. The monoisotopic (exact) mass is 277 g/mol. The molecule has 0 spiro atoms. The first-order valence-electron chi connectivity index (χ1n) is 7.41. The average molecular weight is 277 g/mol. The van der Waals surface area contributed by atoms with Gasteiger partial charge in [0, 0.05) is 49.2 Å². The Bertz CT molecular complexity index is 494. The highest BCUT2D eigenvalue weighted by molar-refractivity contribution is 5.99. The summed E-state index contributed by atoms with van der Waals surface area (Å²) in [4.78, 5) is 17.2. The number of hydrogen-bond acceptors (Lipinski definition) is 3. The normalized spacial score (nSPS) is 25.1. The van der Waals surface area contributed by atoms with E-state index in [1.54, 1.807) is 0 Å². The van der Waals surface area contributed by atoms with Crippen LogP contribution in [0.4, 0.5) is 0 Å². The molecule has 2 rings (SSSR count). The minimum absolute atomic E-state index is 0.246. The highest BCUT2D eigenvalue weighted by Gasteiger charge is 2.28. The van der Waals surface area contributed by atoms with Crippen LogP contribution >= 0.6 is 0 Å². The third kappa shape index (κ3) is 2.81. The van der Waals surface area contributed by atoms with Gasteiger partial charge in [0.1, 0.15) is 0 Å². The summed E-state index contributed by atoms with van der Waals surface area (Å²) in [5.41, 5.74) is 3.10. The quantitative estimate of drug-likeness (QED) is 0.789. The molecule has 2 unspecified atom stereocenters. The van der Waals surface area contributed by atoms with E-state index in [1.165, 1.54) is 0 Å². The van der Waals surface area contributed by atoms with Crippen LogP contribution in [0, 0.1) is 13.8 Å².